The second-order valence-electron chi connectivity index (χ2n) is 4.65. The van der Waals surface area contributed by atoms with E-state index in [2.05, 4.69) is 4.74 Å². The third-order valence-corrected chi connectivity index (χ3v) is 3.06. The molecule has 0 N–H and O–H groups in total. The minimum absolute atomic E-state index is 0.130. The van der Waals surface area contributed by atoms with Crippen molar-refractivity contribution in [1.29, 1.82) is 0 Å². The zero-order valence-corrected chi connectivity index (χ0v) is 11.7. The highest BCUT2D eigenvalue weighted by molar-refractivity contribution is 5.98. The van der Waals surface area contributed by atoms with Crippen LogP contribution in [0.1, 0.15) is 39.5 Å². The number of hydrogen-bond donors (Lipinski definition) is 0. The van der Waals surface area contributed by atoms with E-state index in [1.165, 1.54) is 18.9 Å². The SMILES string of the molecule is CCCC[C@H]1OC[C@H](C(=O)OC)N1C(=O)CC(C)=O. The standard InChI is InChI=1S/C13H21NO5/c1-4-5-6-12-14(11(16)7-9(2)15)10(8-19-12)13(17)18-3/h10,12H,4-8H2,1-3H3/t10-,12-/m1/s1. The summed E-state index contributed by atoms with van der Waals surface area (Å²) in [6, 6.07) is -0.737. The third-order valence-electron chi connectivity index (χ3n) is 3.06. The lowest BCUT2D eigenvalue weighted by Gasteiger charge is -2.26. The molecule has 1 amide bonds. The lowest BCUT2D eigenvalue weighted by Crippen LogP contribution is -2.46. The maximum atomic E-state index is 12.1. The van der Waals surface area contributed by atoms with Crippen molar-refractivity contribution in [2.75, 3.05) is 13.7 Å². The first-order chi connectivity index (χ1) is 9.01. The fraction of sp³-hybridized carbons (Fsp3) is 0.769. The molecule has 1 heterocycles. The van der Waals surface area contributed by atoms with Crippen molar-refractivity contribution in [3.05, 3.63) is 0 Å². The van der Waals surface area contributed by atoms with Crippen LogP contribution in [-0.2, 0) is 23.9 Å². The molecule has 6 heteroatoms. The largest absolute Gasteiger partial charge is 0.467 e. The van der Waals surface area contributed by atoms with Crippen LogP contribution in [0.3, 0.4) is 0 Å². The average Bonchev–Trinajstić information content (AvgIpc) is 2.78. The van der Waals surface area contributed by atoms with E-state index in [0.29, 0.717) is 6.42 Å². The lowest BCUT2D eigenvalue weighted by atomic mass is 10.1. The van der Waals surface area contributed by atoms with Gasteiger partial charge in [-0.05, 0) is 19.8 Å². The predicted octanol–water partition coefficient (Wildman–Crippen LogP) is 0.882. The molecule has 0 spiro atoms. The van der Waals surface area contributed by atoms with Crippen LogP contribution in [0.4, 0.5) is 0 Å². The predicted molar refractivity (Wildman–Crippen MR) is 67.2 cm³/mol. The van der Waals surface area contributed by atoms with E-state index >= 15 is 0 Å². The summed E-state index contributed by atoms with van der Waals surface area (Å²) in [6.07, 6.45) is 1.88. The van der Waals surface area contributed by atoms with E-state index in [1.54, 1.807) is 0 Å². The molecular formula is C13H21NO5. The van der Waals surface area contributed by atoms with E-state index in [9.17, 15) is 14.4 Å². The highest BCUT2D eigenvalue weighted by Crippen LogP contribution is 2.23. The number of esters is 1. The number of Topliss-reactive ketones (excluding diaryl/α,β-unsaturated/α-hetero) is 1. The third kappa shape index (κ3) is 4.02. The first-order valence-electron chi connectivity index (χ1n) is 6.51. The van der Waals surface area contributed by atoms with Gasteiger partial charge in [0.15, 0.2) is 6.04 Å². The molecule has 0 bridgehead atoms. The molecule has 6 nitrogen and oxygen atoms in total. The Bertz CT molecular complexity index is 355. The summed E-state index contributed by atoms with van der Waals surface area (Å²) in [7, 11) is 1.27. The Morgan fingerprint density at radius 3 is 2.58 bits per heavy atom. The monoisotopic (exact) mass is 271 g/mol. The molecule has 1 saturated heterocycles. The molecule has 1 fully saturated rings. The van der Waals surface area contributed by atoms with E-state index < -0.39 is 18.2 Å². The Morgan fingerprint density at radius 1 is 1.37 bits per heavy atom. The van der Waals surface area contributed by atoms with Crippen molar-refractivity contribution >= 4 is 17.7 Å². The van der Waals surface area contributed by atoms with Crippen molar-refractivity contribution in [3.63, 3.8) is 0 Å². The van der Waals surface area contributed by atoms with E-state index in [1.807, 2.05) is 6.92 Å². The summed E-state index contributed by atoms with van der Waals surface area (Å²) in [6.45, 7) is 3.52. The Kier molecular flexibility index (Phi) is 5.95. The van der Waals surface area contributed by atoms with Crippen molar-refractivity contribution in [1.82, 2.24) is 4.90 Å². The van der Waals surface area contributed by atoms with Crippen molar-refractivity contribution < 1.29 is 23.9 Å². The Hall–Kier alpha value is -1.43. The number of ketones is 1. The molecule has 0 radical (unpaired) electrons. The van der Waals surface area contributed by atoms with Crippen LogP contribution in [0.15, 0.2) is 0 Å². The smallest absolute Gasteiger partial charge is 0.331 e. The van der Waals surface area contributed by atoms with Crippen LogP contribution in [0.2, 0.25) is 0 Å². The van der Waals surface area contributed by atoms with E-state index in [4.69, 9.17) is 4.74 Å². The summed E-state index contributed by atoms with van der Waals surface area (Å²) in [4.78, 5) is 36.2. The van der Waals surface area contributed by atoms with Gasteiger partial charge in [-0.1, -0.05) is 13.3 Å². The molecule has 0 aromatic heterocycles. The fourth-order valence-electron chi connectivity index (χ4n) is 2.12. The second-order valence-corrected chi connectivity index (χ2v) is 4.65. The fourth-order valence-corrected chi connectivity index (χ4v) is 2.12. The summed E-state index contributed by atoms with van der Waals surface area (Å²) >= 11 is 0. The Balaban J connectivity index is 2.81. The van der Waals surface area contributed by atoms with E-state index in [0.717, 1.165) is 12.8 Å². The number of hydrogen-bond acceptors (Lipinski definition) is 5. The average molecular weight is 271 g/mol. The van der Waals surface area contributed by atoms with Crippen LogP contribution in [0.25, 0.3) is 0 Å². The van der Waals surface area contributed by atoms with Gasteiger partial charge in [0, 0.05) is 0 Å². The minimum Gasteiger partial charge on any atom is -0.467 e. The molecule has 19 heavy (non-hydrogen) atoms. The number of nitrogens with zero attached hydrogens (tertiary/aromatic N) is 1. The Labute approximate surface area is 113 Å². The van der Waals surface area contributed by atoms with Gasteiger partial charge in [0.05, 0.1) is 20.1 Å². The highest BCUT2D eigenvalue weighted by Gasteiger charge is 2.42. The number of rotatable bonds is 6. The molecule has 1 rings (SSSR count). The van der Waals surface area contributed by atoms with E-state index in [-0.39, 0.29) is 24.7 Å². The summed E-state index contributed by atoms with van der Waals surface area (Å²) in [5.41, 5.74) is 0. The molecule has 0 aliphatic carbocycles. The maximum Gasteiger partial charge on any atom is 0.331 e. The van der Waals surface area contributed by atoms with Crippen LogP contribution >= 0.6 is 0 Å². The first kappa shape index (κ1) is 15.6. The van der Waals surface area contributed by atoms with Gasteiger partial charge in [-0.2, -0.15) is 0 Å². The number of carbonyl (C=O) groups excluding carboxylic acids is 3. The summed E-state index contributed by atoms with van der Waals surface area (Å²) < 4.78 is 10.2. The van der Waals surface area contributed by atoms with Gasteiger partial charge in [0.2, 0.25) is 5.91 Å². The van der Waals surface area contributed by atoms with Gasteiger partial charge in [-0.15, -0.1) is 0 Å². The van der Waals surface area contributed by atoms with Gasteiger partial charge in [0.25, 0.3) is 0 Å². The van der Waals surface area contributed by atoms with Crippen molar-refractivity contribution in [2.24, 2.45) is 0 Å². The van der Waals surface area contributed by atoms with Crippen molar-refractivity contribution in [3.8, 4) is 0 Å². The zero-order valence-electron chi connectivity index (χ0n) is 11.7. The van der Waals surface area contributed by atoms with Crippen molar-refractivity contribution in [2.45, 2.75) is 51.8 Å². The number of ether oxygens (including phenoxy) is 2. The van der Waals surface area contributed by atoms with Crippen LogP contribution in [-0.4, -0.2) is 48.5 Å². The molecule has 0 unspecified atom stereocenters. The zero-order chi connectivity index (χ0) is 14.4. The Morgan fingerprint density at radius 2 is 2.05 bits per heavy atom. The van der Waals surface area contributed by atoms with Gasteiger partial charge >= 0.3 is 5.97 Å². The summed E-state index contributed by atoms with van der Waals surface area (Å²) in [5, 5.41) is 0. The molecule has 0 saturated carbocycles. The van der Waals surface area contributed by atoms with Crippen LogP contribution in [0, 0.1) is 0 Å². The number of carbonyl (C=O) groups is 3. The minimum atomic E-state index is -0.737. The van der Waals surface area contributed by atoms with Gasteiger partial charge in [-0.25, -0.2) is 4.79 Å². The van der Waals surface area contributed by atoms with Gasteiger partial charge in [-0.3, -0.25) is 9.59 Å². The summed E-state index contributed by atoms with van der Waals surface area (Å²) in [5.74, 6) is -1.10. The second kappa shape index (κ2) is 7.23. The molecule has 2 atom stereocenters. The number of methoxy groups -OCH3 is 1. The van der Waals surface area contributed by atoms with Crippen LogP contribution < -0.4 is 0 Å². The molecule has 108 valence electrons. The van der Waals surface area contributed by atoms with Crippen LogP contribution in [0.5, 0.6) is 0 Å². The highest BCUT2D eigenvalue weighted by atomic mass is 16.5. The molecule has 0 aromatic rings. The molecular weight excluding hydrogens is 250 g/mol. The number of unbranched alkanes of at least 4 members (excludes halogenated alkanes) is 1. The topological polar surface area (TPSA) is 72.9 Å². The molecule has 1 aliphatic heterocycles. The van der Waals surface area contributed by atoms with Gasteiger partial charge < -0.3 is 14.4 Å². The molecule has 1 aliphatic rings. The quantitative estimate of drug-likeness (QED) is 0.529. The van der Waals surface area contributed by atoms with Gasteiger partial charge in [0.1, 0.15) is 12.0 Å². The maximum absolute atomic E-state index is 12.1. The lowest BCUT2D eigenvalue weighted by molar-refractivity contribution is -0.153. The number of amides is 1. The first-order valence-corrected chi connectivity index (χ1v) is 6.51. The normalized spacial score (nSPS) is 22.4. The molecule has 0 aromatic carbocycles.